The van der Waals surface area contributed by atoms with Crippen molar-refractivity contribution in [3.63, 3.8) is 0 Å². The van der Waals surface area contributed by atoms with E-state index in [0.717, 1.165) is 26.1 Å². The summed E-state index contributed by atoms with van der Waals surface area (Å²) in [6, 6.07) is -0.0665. The minimum Gasteiger partial charge on any atom is -0.481 e. The number of hydrogen-bond acceptors (Lipinski definition) is 3. The maximum atomic E-state index is 11.7. The van der Waals surface area contributed by atoms with Gasteiger partial charge in [-0.05, 0) is 18.8 Å². The smallest absolute Gasteiger partial charge is 0.317 e. The lowest BCUT2D eigenvalue weighted by Gasteiger charge is -2.38. The Balaban J connectivity index is 1.60. The summed E-state index contributed by atoms with van der Waals surface area (Å²) in [6.45, 7) is 3.38. The van der Waals surface area contributed by atoms with Gasteiger partial charge in [0.15, 0.2) is 0 Å². The molecule has 0 aliphatic carbocycles. The summed E-state index contributed by atoms with van der Waals surface area (Å²) >= 11 is 0. The third-order valence-electron chi connectivity index (χ3n) is 3.59. The largest absolute Gasteiger partial charge is 0.481 e. The van der Waals surface area contributed by atoms with Crippen LogP contribution in [0.4, 0.5) is 4.79 Å². The molecular weight excluding hydrogens is 236 g/mol. The number of ether oxygens (including phenoxy) is 1. The molecule has 0 saturated carbocycles. The Morgan fingerprint density at radius 2 is 1.89 bits per heavy atom. The van der Waals surface area contributed by atoms with Gasteiger partial charge in [-0.1, -0.05) is 0 Å². The van der Waals surface area contributed by atoms with Gasteiger partial charge in [0, 0.05) is 38.8 Å². The monoisotopic (exact) mass is 256 g/mol. The Morgan fingerprint density at radius 3 is 2.50 bits per heavy atom. The summed E-state index contributed by atoms with van der Waals surface area (Å²) in [5, 5.41) is 11.5. The number of carbonyl (C=O) groups is 2. The van der Waals surface area contributed by atoms with Crippen LogP contribution in [0, 0.1) is 11.8 Å². The topological polar surface area (TPSA) is 78.9 Å². The molecule has 18 heavy (non-hydrogen) atoms. The van der Waals surface area contributed by atoms with Gasteiger partial charge in [0.2, 0.25) is 0 Å². The second-order valence-electron chi connectivity index (χ2n) is 5.11. The van der Waals surface area contributed by atoms with Crippen molar-refractivity contribution in [2.45, 2.75) is 19.3 Å². The van der Waals surface area contributed by atoms with Crippen molar-refractivity contribution in [1.29, 1.82) is 0 Å². The van der Waals surface area contributed by atoms with Crippen molar-refractivity contribution < 1.29 is 19.4 Å². The molecule has 0 atom stereocenters. The number of likely N-dealkylation sites (tertiary alicyclic amines) is 1. The zero-order valence-electron chi connectivity index (χ0n) is 10.4. The molecule has 2 aliphatic heterocycles. The van der Waals surface area contributed by atoms with E-state index in [1.54, 1.807) is 4.90 Å². The molecule has 2 heterocycles. The molecule has 2 aliphatic rings. The summed E-state index contributed by atoms with van der Waals surface area (Å²) in [5.41, 5.74) is 0. The third-order valence-corrected chi connectivity index (χ3v) is 3.59. The van der Waals surface area contributed by atoms with Gasteiger partial charge in [-0.15, -0.1) is 0 Å². The standard InChI is InChI=1S/C12H20N2O4/c15-11(16)5-10-7-14(8-10)12(17)13-6-9-1-3-18-4-2-9/h9-10H,1-8H2,(H,13,17)(H,15,16). The maximum Gasteiger partial charge on any atom is 0.317 e. The molecule has 102 valence electrons. The number of carboxylic acids is 1. The molecule has 0 aromatic carbocycles. The van der Waals surface area contributed by atoms with E-state index in [4.69, 9.17) is 9.84 Å². The molecule has 0 unspecified atom stereocenters. The molecule has 2 N–H and O–H groups in total. The van der Waals surface area contributed by atoms with Crippen LogP contribution in [0.15, 0.2) is 0 Å². The van der Waals surface area contributed by atoms with E-state index in [-0.39, 0.29) is 18.4 Å². The first-order valence-corrected chi connectivity index (χ1v) is 6.47. The van der Waals surface area contributed by atoms with E-state index in [9.17, 15) is 9.59 Å². The van der Waals surface area contributed by atoms with Crippen LogP contribution in [0.2, 0.25) is 0 Å². The predicted molar refractivity (Wildman–Crippen MR) is 64.3 cm³/mol. The lowest BCUT2D eigenvalue weighted by atomic mass is 9.97. The molecule has 2 fully saturated rings. The van der Waals surface area contributed by atoms with Gasteiger partial charge in [0.05, 0.1) is 6.42 Å². The average molecular weight is 256 g/mol. The zero-order chi connectivity index (χ0) is 13.0. The van der Waals surface area contributed by atoms with Gasteiger partial charge in [-0.3, -0.25) is 4.79 Å². The number of hydrogen-bond donors (Lipinski definition) is 2. The first-order chi connectivity index (χ1) is 8.65. The number of carboxylic acid groups (broad SMARTS) is 1. The van der Waals surface area contributed by atoms with Crippen molar-refractivity contribution in [3.8, 4) is 0 Å². The highest BCUT2D eigenvalue weighted by Gasteiger charge is 2.32. The summed E-state index contributed by atoms with van der Waals surface area (Å²) in [7, 11) is 0. The van der Waals surface area contributed by atoms with Gasteiger partial charge >= 0.3 is 12.0 Å². The Hall–Kier alpha value is -1.30. The molecule has 6 nitrogen and oxygen atoms in total. The number of nitrogens with one attached hydrogen (secondary N) is 1. The highest BCUT2D eigenvalue weighted by Crippen LogP contribution is 2.19. The number of carbonyl (C=O) groups excluding carboxylic acids is 1. The fourth-order valence-electron chi connectivity index (χ4n) is 2.41. The minimum absolute atomic E-state index is 0.0665. The van der Waals surface area contributed by atoms with Crippen molar-refractivity contribution in [2.24, 2.45) is 11.8 Å². The van der Waals surface area contributed by atoms with Crippen molar-refractivity contribution >= 4 is 12.0 Å². The van der Waals surface area contributed by atoms with Gasteiger partial charge in [0.25, 0.3) is 0 Å². The highest BCUT2D eigenvalue weighted by molar-refractivity contribution is 5.75. The molecule has 0 bridgehead atoms. The number of nitrogens with zero attached hydrogens (tertiary/aromatic N) is 1. The molecule has 0 aromatic heterocycles. The summed E-state index contributed by atoms with van der Waals surface area (Å²) in [4.78, 5) is 23.9. The summed E-state index contributed by atoms with van der Waals surface area (Å²) in [5.74, 6) is -0.155. The van der Waals surface area contributed by atoms with Crippen LogP contribution in [0.25, 0.3) is 0 Å². The molecule has 6 heteroatoms. The molecule has 2 rings (SSSR count). The number of amides is 2. The van der Waals surface area contributed by atoms with Gasteiger partial charge in [-0.25, -0.2) is 4.79 Å². The molecular formula is C12H20N2O4. The van der Waals surface area contributed by atoms with Crippen LogP contribution in [0.1, 0.15) is 19.3 Å². The Labute approximate surface area is 106 Å². The summed E-state index contributed by atoms with van der Waals surface area (Å²) in [6.07, 6.45) is 2.16. The van der Waals surface area contributed by atoms with E-state index in [2.05, 4.69) is 5.32 Å². The van der Waals surface area contributed by atoms with Crippen LogP contribution < -0.4 is 5.32 Å². The van der Waals surface area contributed by atoms with Gasteiger partial charge in [0.1, 0.15) is 0 Å². The van der Waals surface area contributed by atoms with E-state index >= 15 is 0 Å². The number of aliphatic carboxylic acids is 1. The van der Waals surface area contributed by atoms with Crippen molar-refractivity contribution in [2.75, 3.05) is 32.8 Å². The molecule has 2 saturated heterocycles. The molecule has 0 radical (unpaired) electrons. The third kappa shape index (κ3) is 3.60. The second kappa shape index (κ2) is 6.04. The predicted octanol–water partition coefficient (Wildman–Crippen LogP) is 0.529. The van der Waals surface area contributed by atoms with Crippen molar-refractivity contribution in [1.82, 2.24) is 10.2 Å². The normalized spacial score (nSPS) is 21.4. The van der Waals surface area contributed by atoms with Crippen LogP contribution in [-0.4, -0.2) is 54.9 Å². The second-order valence-corrected chi connectivity index (χ2v) is 5.11. The maximum absolute atomic E-state index is 11.7. The SMILES string of the molecule is O=C(O)CC1CN(C(=O)NCC2CCOCC2)C1. The van der Waals surface area contributed by atoms with Crippen molar-refractivity contribution in [3.05, 3.63) is 0 Å². The molecule has 0 spiro atoms. The Bertz CT molecular complexity index is 309. The fraction of sp³-hybridized carbons (Fsp3) is 0.833. The molecule has 0 aromatic rings. The van der Waals surface area contributed by atoms with E-state index in [1.165, 1.54) is 0 Å². The van der Waals surface area contributed by atoms with Crippen LogP contribution in [0.3, 0.4) is 0 Å². The summed E-state index contributed by atoms with van der Waals surface area (Å²) < 4.78 is 5.26. The quantitative estimate of drug-likeness (QED) is 0.769. The van der Waals surface area contributed by atoms with E-state index in [0.29, 0.717) is 25.6 Å². The van der Waals surface area contributed by atoms with Crippen LogP contribution >= 0.6 is 0 Å². The van der Waals surface area contributed by atoms with Gasteiger partial charge < -0.3 is 20.1 Å². The molecule has 2 amide bonds. The van der Waals surface area contributed by atoms with Gasteiger partial charge in [-0.2, -0.15) is 0 Å². The first kappa shape index (κ1) is 13.1. The Kier molecular flexibility index (Phi) is 4.41. The van der Waals surface area contributed by atoms with Crippen LogP contribution in [-0.2, 0) is 9.53 Å². The fourth-order valence-corrected chi connectivity index (χ4v) is 2.41. The average Bonchev–Trinajstić information content (AvgIpc) is 2.31. The van der Waals surface area contributed by atoms with E-state index in [1.807, 2.05) is 0 Å². The van der Waals surface area contributed by atoms with E-state index < -0.39 is 5.97 Å². The lowest BCUT2D eigenvalue weighted by molar-refractivity contribution is -0.139. The minimum atomic E-state index is -0.790. The number of rotatable bonds is 4. The lowest BCUT2D eigenvalue weighted by Crippen LogP contribution is -2.54. The highest BCUT2D eigenvalue weighted by atomic mass is 16.5. The zero-order valence-corrected chi connectivity index (χ0v) is 10.4. The first-order valence-electron chi connectivity index (χ1n) is 6.47. The number of urea groups is 1. The van der Waals surface area contributed by atoms with Crippen LogP contribution in [0.5, 0.6) is 0 Å². The Morgan fingerprint density at radius 1 is 1.22 bits per heavy atom.